The lowest BCUT2D eigenvalue weighted by Gasteiger charge is -2.22. The summed E-state index contributed by atoms with van der Waals surface area (Å²) in [5, 5.41) is 0. The molecule has 0 aliphatic heterocycles. The molecule has 0 amide bonds. The number of hydrogen-bond acceptors (Lipinski definition) is 2. The van der Waals surface area contributed by atoms with Crippen LogP contribution >= 0.6 is 0 Å². The van der Waals surface area contributed by atoms with Crippen molar-refractivity contribution in [3.63, 3.8) is 0 Å². The van der Waals surface area contributed by atoms with Crippen LogP contribution in [0.1, 0.15) is 31.2 Å². The third-order valence-electron chi connectivity index (χ3n) is 4.37. The smallest absolute Gasteiger partial charge is 0.212 e. The van der Waals surface area contributed by atoms with Gasteiger partial charge in [-0.25, -0.2) is 17.5 Å². The molecule has 3 rings (SSSR count). The zero-order chi connectivity index (χ0) is 13.5. The van der Waals surface area contributed by atoms with Crippen LogP contribution in [0.2, 0.25) is 0 Å². The van der Waals surface area contributed by atoms with Crippen LogP contribution in [0.4, 0.5) is 4.39 Å². The molecule has 0 unspecified atom stereocenters. The van der Waals surface area contributed by atoms with Crippen molar-refractivity contribution in [3.05, 3.63) is 35.6 Å². The first-order chi connectivity index (χ1) is 9.03. The molecular weight excluding hydrogens is 265 g/mol. The van der Waals surface area contributed by atoms with Crippen molar-refractivity contribution in [1.29, 1.82) is 0 Å². The average molecular weight is 283 g/mol. The Morgan fingerprint density at radius 3 is 2.63 bits per heavy atom. The number of hydrogen-bond donors (Lipinski definition) is 1. The number of sulfonamides is 1. The molecule has 0 aromatic heterocycles. The second kappa shape index (κ2) is 4.87. The van der Waals surface area contributed by atoms with Gasteiger partial charge >= 0.3 is 0 Å². The van der Waals surface area contributed by atoms with Crippen molar-refractivity contribution in [3.8, 4) is 0 Å². The summed E-state index contributed by atoms with van der Waals surface area (Å²) in [4.78, 5) is 0. The highest BCUT2D eigenvalue weighted by Crippen LogP contribution is 2.44. The first kappa shape index (κ1) is 13.1. The second-order valence-electron chi connectivity index (χ2n) is 5.75. The quantitative estimate of drug-likeness (QED) is 0.922. The summed E-state index contributed by atoms with van der Waals surface area (Å²) in [6, 6.07) is 6.11. The molecule has 0 heterocycles. The molecule has 2 aliphatic rings. The van der Waals surface area contributed by atoms with Crippen LogP contribution in [0.3, 0.4) is 0 Å². The lowest BCUT2D eigenvalue weighted by atomic mass is 9.96. The van der Waals surface area contributed by atoms with E-state index in [0.717, 1.165) is 19.3 Å². The molecule has 2 saturated carbocycles. The van der Waals surface area contributed by atoms with Gasteiger partial charge in [-0.3, -0.25) is 0 Å². The fraction of sp³-hybridized carbons (Fsp3) is 0.571. The van der Waals surface area contributed by atoms with E-state index in [0.29, 0.717) is 11.8 Å². The molecular formula is C14H18FNO2S. The van der Waals surface area contributed by atoms with Crippen molar-refractivity contribution in [2.45, 2.75) is 37.5 Å². The molecule has 1 aromatic carbocycles. The van der Waals surface area contributed by atoms with Crippen LogP contribution in [-0.4, -0.2) is 14.5 Å². The molecule has 104 valence electrons. The molecule has 0 radical (unpaired) electrons. The molecule has 5 heteroatoms. The lowest BCUT2D eigenvalue weighted by molar-refractivity contribution is 0.390. The minimum absolute atomic E-state index is 0.0653. The Balaban J connectivity index is 1.68. The van der Waals surface area contributed by atoms with Crippen molar-refractivity contribution >= 4 is 10.0 Å². The normalized spacial score (nSPS) is 29.8. The predicted molar refractivity (Wildman–Crippen MR) is 71.4 cm³/mol. The van der Waals surface area contributed by atoms with E-state index in [-0.39, 0.29) is 17.4 Å². The topological polar surface area (TPSA) is 46.2 Å². The summed E-state index contributed by atoms with van der Waals surface area (Å²) in [5.74, 6) is 0.445. The van der Waals surface area contributed by atoms with Gasteiger partial charge in [0.05, 0.1) is 5.75 Å². The summed E-state index contributed by atoms with van der Waals surface area (Å²) in [5.41, 5.74) is 0.234. The van der Waals surface area contributed by atoms with Crippen LogP contribution < -0.4 is 4.72 Å². The maximum Gasteiger partial charge on any atom is 0.216 e. The van der Waals surface area contributed by atoms with E-state index in [1.807, 2.05) is 0 Å². The average Bonchev–Trinajstić information content (AvgIpc) is 2.93. The monoisotopic (exact) mass is 283 g/mol. The highest BCUT2D eigenvalue weighted by molar-refractivity contribution is 7.88. The SMILES string of the molecule is O=S(=O)(Cc1ccccc1F)N[C@@H]1C[C@@H]2CC[C@@H]1C2. The molecule has 1 aromatic rings. The first-order valence-corrected chi connectivity index (χ1v) is 8.42. The van der Waals surface area contributed by atoms with E-state index in [1.54, 1.807) is 12.1 Å². The van der Waals surface area contributed by atoms with Crippen molar-refractivity contribution < 1.29 is 12.8 Å². The highest BCUT2D eigenvalue weighted by atomic mass is 32.2. The Morgan fingerprint density at radius 2 is 2.00 bits per heavy atom. The third kappa shape index (κ3) is 2.82. The number of halogens is 1. The number of nitrogens with one attached hydrogen (secondary N) is 1. The maximum absolute atomic E-state index is 13.5. The molecule has 2 fully saturated rings. The zero-order valence-corrected chi connectivity index (χ0v) is 11.5. The fourth-order valence-electron chi connectivity index (χ4n) is 3.48. The van der Waals surface area contributed by atoms with E-state index < -0.39 is 15.8 Å². The van der Waals surface area contributed by atoms with E-state index in [4.69, 9.17) is 0 Å². The van der Waals surface area contributed by atoms with Crippen LogP contribution in [0, 0.1) is 17.7 Å². The van der Waals surface area contributed by atoms with Crippen LogP contribution in [0.5, 0.6) is 0 Å². The van der Waals surface area contributed by atoms with Crippen LogP contribution in [0.25, 0.3) is 0 Å². The Hall–Kier alpha value is -0.940. The molecule has 1 N–H and O–H groups in total. The van der Waals surface area contributed by atoms with Gasteiger partial charge in [-0.05, 0) is 37.2 Å². The second-order valence-corrected chi connectivity index (χ2v) is 7.50. The van der Waals surface area contributed by atoms with Crippen molar-refractivity contribution in [1.82, 2.24) is 4.72 Å². The van der Waals surface area contributed by atoms with Gasteiger partial charge in [0.2, 0.25) is 10.0 Å². The van der Waals surface area contributed by atoms with Crippen molar-refractivity contribution in [2.75, 3.05) is 0 Å². The van der Waals surface area contributed by atoms with E-state index >= 15 is 0 Å². The predicted octanol–water partition coefficient (Wildman–Crippen LogP) is 2.43. The van der Waals surface area contributed by atoms with Crippen LogP contribution in [0.15, 0.2) is 24.3 Å². The number of benzene rings is 1. The molecule has 3 nitrogen and oxygen atoms in total. The lowest BCUT2D eigenvalue weighted by Crippen LogP contribution is -2.39. The Kier molecular flexibility index (Phi) is 3.35. The summed E-state index contributed by atoms with van der Waals surface area (Å²) >= 11 is 0. The van der Waals surface area contributed by atoms with E-state index in [1.165, 1.54) is 18.6 Å². The molecule has 2 bridgehead atoms. The molecule has 19 heavy (non-hydrogen) atoms. The molecule has 3 atom stereocenters. The van der Waals surface area contributed by atoms with Crippen molar-refractivity contribution in [2.24, 2.45) is 11.8 Å². The van der Waals surface area contributed by atoms with Gasteiger partial charge < -0.3 is 0 Å². The summed E-state index contributed by atoms with van der Waals surface area (Å²) < 4.78 is 40.5. The number of rotatable bonds is 4. The molecule has 0 saturated heterocycles. The Labute approximate surface area is 113 Å². The number of fused-ring (bicyclic) bond motifs is 2. The first-order valence-electron chi connectivity index (χ1n) is 6.77. The summed E-state index contributed by atoms with van der Waals surface area (Å²) in [7, 11) is -3.45. The van der Waals surface area contributed by atoms with Gasteiger partial charge in [-0.1, -0.05) is 24.6 Å². The minimum atomic E-state index is -3.45. The zero-order valence-electron chi connectivity index (χ0n) is 10.7. The Morgan fingerprint density at radius 1 is 1.21 bits per heavy atom. The van der Waals surface area contributed by atoms with E-state index in [9.17, 15) is 12.8 Å². The fourth-order valence-corrected chi connectivity index (χ4v) is 4.96. The molecule has 0 spiro atoms. The van der Waals surface area contributed by atoms with Gasteiger partial charge in [0, 0.05) is 11.6 Å². The van der Waals surface area contributed by atoms with E-state index in [2.05, 4.69) is 4.72 Å². The van der Waals surface area contributed by atoms with Gasteiger partial charge in [0.1, 0.15) is 5.82 Å². The maximum atomic E-state index is 13.5. The van der Waals surface area contributed by atoms with Gasteiger partial charge in [-0.15, -0.1) is 0 Å². The standard InChI is InChI=1S/C14H18FNO2S/c15-13-4-2-1-3-12(13)9-19(17,18)16-14-8-10-5-6-11(14)7-10/h1-4,10-11,14,16H,5-9H2/t10-,11-,14-/m1/s1. The summed E-state index contributed by atoms with van der Waals surface area (Å²) in [6.07, 6.45) is 4.45. The van der Waals surface area contributed by atoms with Gasteiger partial charge in [-0.2, -0.15) is 0 Å². The van der Waals surface area contributed by atoms with Gasteiger partial charge in [0.25, 0.3) is 0 Å². The largest absolute Gasteiger partial charge is 0.216 e. The van der Waals surface area contributed by atoms with Crippen LogP contribution in [-0.2, 0) is 15.8 Å². The third-order valence-corrected chi connectivity index (χ3v) is 5.73. The minimum Gasteiger partial charge on any atom is -0.212 e. The highest BCUT2D eigenvalue weighted by Gasteiger charge is 2.41. The molecule has 2 aliphatic carbocycles. The Bertz CT molecular complexity index is 573. The van der Waals surface area contributed by atoms with Gasteiger partial charge in [0.15, 0.2) is 0 Å². The summed E-state index contributed by atoms with van der Waals surface area (Å²) in [6.45, 7) is 0.